The number of nitrogens with one attached hydrogen (secondary N) is 1. The molecule has 2 aliphatic heterocycles. The predicted octanol–water partition coefficient (Wildman–Crippen LogP) is 3.28. The molecular weight excluding hydrogens is 477 g/mol. The van der Waals surface area contributed by atoms with Gasteiger partial charge in [0.25, 0.3) is 5.91 Å². The van der Waals surface area contributed by atoms with Crippen molar-refractivity contribution in [1.82, 2.24) is 14.9 Å². The average Bonchev–Trinajstić information content (AvgIpc) is 3.42. The van der Waals surface area contributed by atoms with Crippen LogP contribution in [0, 0.1) is 5.82 Å². The van der Waals surface area contributed by atoms with Crippen LogP contribution in [0.4, 0.5) is 20.6 Å². The molecule has 4 heterocycles. The van der Waals surface area contributed by atoms with Gasteiger partial charge in [-0.1, -0.05) is 18.5 Å². The molecule has 2 fully saturated rings. The molecule has 2 amide bonds. The van der Waals surface area contributed by atoms with E-state index >= 15 is 0 Å². The topological polar surface area (TPSA) is 88.4 Å². The Hall–Kier alpha value is -3.37. The largest absolute Gasteiger partial charge is 0.442 e. The van der Waals surface area contributed by atoms with E-state index in [2.05, 4.69) is 10.4 Å². The molecule has 5 rings (SSSR count). The molecule has 0 radical (unpaired) electrons. The van der Waals surface area contributed by atoms with Crippen molar-refractivity contribution in [3.8, 4) is 0 Å². The van der Waals surface area contributed by atoms with Gasteiger partial charge in [0.2, 0.25) is 0 Å². The summed E-state index contributed by atoms with van der Waals surface area (Å²) < 4.78 is 27.2. The highest BCUT2D eigenvalue weighted by Gasteiger charge is 2.33. The van der Waals surface area contributed by atoms with E-state index in [-0.39, 0.29) is 19.0 Å². The van der Waals surface area contributed by atoms with Crippen molar-refractivity contribution in [2.24, 2.45) is 0 Å². The van der Waals surface area contributed by atoms with Gasteiger partial charge in [0.15, 0.2) is 0 Å². The molecule has 0 saturated carbocycles. The molecule has 3 aromatic rings. The minimum Gasteiger partial charge on any atom is -0.442 e. The molecule has 1 atom stereocenters. The number of carbonyl (C=O) groups is 2. The van der Waals surface area contributed by atoms with Crippen molar-refractivity contribution in [3.05, 3.63) is 58.6 Å². The number of nitrogens with zero attached hydrogens (tertiary/aromatic N) is 4. The number of fused-ring (bicyclic) bond motifs is 1. The Labute approximate surface area is 206 Å². The number of carbonyl (C=O) groups excluding carboxylic acids is 2. The number of hydrogen-bond donors (Lipinski definition) is 1. The van der Waals surface area contributed by atoms with Crippen LogP contribution >= 0.6 is 11.6 Å². The first-order chi connectivity index (χ1) is 16.9. The van der Waals surface area contributed by atoms with Gasteiger partial charge in [-0.3, -0.25) is 9.69 Å². The fourth-order valence-electron chi connectivity index (χ4n) is 4.42. The molecular formula is C24H25ClFN5O4. The average molecular weight is 502 g/mol. The first-order valence-electron chi connectivity index (χ1n) is 11.5. The number of pyridine rings is 1. The number of rotatable bonds is 6. The Morgan fingerprint density at radius 3 is 2.80 bits per heavy atom. The first-order valence-corrected chi connectivity index (χ1v) is 11.9. The quantitative estimate of drug-likeness (QED) is 0.557. The summed E-state index contributed by atoms with van der Waals surface area (Å²) in [5.74, 6) is -0.734. The monoisotopic (exact) mass is 501 g/mol. The van der Waals surface area contributed by atoms with Crippen LogP contribution in [-0.4, -0.2) is 67.1 Å². The van der Waals surface area contributed by atoms with Crippen LogP contribution in [0.25, 0.3) is 5.52 Å². The van der Waals surface area contributed by atoms with E-state index in [1.165, 1.54) is 11.0 Å². The summed E-state index contributed by atoms with van der Waals surface area (Å²) in [6.07, 6.45) is 1.11. The van der Waals surface area contributed by atoms with Crippen LogP contribution in [0.3, 0.4) is 0 Å². The molecule has 1 N–H and O–H groups in total. The van der Waals surface area contributed by atoms with E-state index < -0.39 is 18.0 Å². The van der Waals surface area contributed by atoms with Crippen LogP contribution in [0.5, 0.6) is 0 Å². The van der Waals surface area contributed by atoms with Gasteiger partial charge in [0, 0.05) is 24.3 Å². The van der Waals surface area contributed by atoms with Crippen LogP contribution < -0.4 is 15.1 Å². The Balaban J connectivity index is 1.25. The molecule has 0 bridgehead atoms. The number of halogens is 2. The van der Waals surface area contributed by atoms with Crippen molar-refractivity contribution in [3.63, 3.8) is 0 Å². The Bertz CT molecular complexity index is 1280. The third kappa shape index (κ3) is 4.63. The van der Waals surface area contributed by atoms with Crippen molar-refractivity contribution in [2.45, 2.75) is 19.4 Å². The predicted molar refractivity (Wildman–Crippen MR) is 129 cm³/mol. The second-order valence-corrected chi connectivity index (χ2v) is 8.85. The van der Waals surface area contributed by atoms with Gasteiger partial charge in [-0.05, 0) is 36.8 Å². The number of cyclic esters (lactones) is 1. The smallest absolute Gasteiger partial charge is 0.414 e. The summed E-state index contributed by atoms with van der Waals surface area (Å²) in [6, 6.07) is 8.09. The van der Waals surface area contributed by atoms with E-state index in [9.17, 15) is 14.0 Å². The number of aromatic nitrogens is 2. The Morgan fingerprint density at radius 2 is 2.06 bits per heavy atom. The summed E-state index contributed by atoms with van der Waals surface area (Å²) in [4.78, 5) is 28.8. The summed E-state index contributed by atoms with van der Waals surface area (Å²) in [7, 11) is 0. The maximum atomic E-state index is 14.8. The van der Waals surface area contributed by atoms with E-state index in [0.29, 0.717) is 65.9 Å². The lowest BCUT2D eigenvalue weighted by atomic mass is 10.1. The molecule has 9 nitrogen and oxygen atoms in total. The summed E-state index contributed by atoms with van der Waals surface area (Å²) in [6.45, 7) is 4.54. The molecule has 11 heteroatoms. The fraction of sp³-hybridized carbons (Fsp3) is 0.375. The molecule has 2 saturated heterocycles. The molecule has 35 heavy (non-hydrogen) atoms. The highest BCUT2D eigenvalue weighted by molar-refractivity contribution is 6.31. The standard InChI is InChI=1S/C24H25ClFN5O4/c1-2-19-22(21-11-15(25)5-6-31(21)28-19)23(32)27-13-17-14-30(24(33)35-17)16-3-4-20(18(26)12-16)29-7-9-34-10-8-29/h3-6,11-12,17H,2,7-10,13-14H2,1H3,(H,27,32)/t17-/m0/s1. The molecule has 0 aliphatic carbocycles. The number of anilines is 2. The van der Waals surface area contributed by atoms with Crippen molar-refractivity contribution in [1.29, 1.82) is 0 Å². The molecule has 184 valence electrons. The molecule has 0 unspecified atom stereocenters. The van der Waals surface area contributed by atoms with Crippen LogP contribution in [-0.2, 0) is 15.9 Å². The normalized spacial score (nSPS) is 18.3. The minimum absolute atomic E-state index is 0.108. The zero-order chi connectivity index (χ0) is 24.5. The molecule has 1 aromatic carbocycles. The van der Waals surface area contributed by atoms with Gasteiger partial charge in [0.1, 0.15) is 11.9 Å². The van der Waals surface area contributed by atoms with Gasteiger partial charge in [0.05, 0.1) is 54.5 Å². The molecule has 0 spiro atoms. The van der Waals surface area contributed by atoms with Gasteiger partial charge >= 0.3 is 6.09 Å². The lowest BCUT2D eigenvalue weighted by Crippen LogP contribution is -2.37. The number of amides is 2. The van der Waals surface area contributed by atoms with E-state index in [1.807, 2.05) is 11.8 Å². The first kappa shape index (κ1) is 23.4. The number of morpholine rings is 1. The number of ether oxygens (including phenoxy) is 2. The minimum atomic E-state index is -0.584. The maximum absolute atomic E-state index is 14.8. The van der Waals surface area contributed by atoms with Gasteiger partial charge in [-0.25, -0.2) is 13.7 Å². The Morgan fingerprint density at radius 1 is 1.26 bits per heavy atom. The lowest BCUT2D eigenvalue weighted by molar-refractivity contribution is 0.0916. The maximum Gasteiger partial charge on any atom is 0.414 e. The summed E-state index contributed by atoms with van der Waals surface area (Å²) >= 11 is 6.11. The Kier molecular flexibility index (Phi) is 6.48. The third-order valence-electron chi connectivity index (χ3n) is 6.19. The molecule has 2 aromatic heterocycles. The lowest BCUT2D eigenvalue weighted by Gasteiger charge is -2.29. The van der Waals surface area contributed by atoms with Crippen molar-refractivity contribution in [2.75, 3.05) is 49.2 Å². The van der Waals surface area contributed by atoms with Crippen molar-refractivity contribution < 1.29 is 23.5 Å². The van der Waals surface area contributed by atoms with Crippen LogP contribution in [0.1, 0.15) is 23.0 Å². The highest BCUT2D eigenvalue weighted by atomic mass is 35.5. The summed E-state index contributed by atoms with van der Waals surface area (Å²) in [5, 5.41) is 7.78. The summed E-state index contributed by atoms with van der Waals surface area (Å²) in [5.41, 5.74) is 2.58. The second kappa shape index (κ2) is 9.71. The van der Waals surface area contributed by atoms with Gasteiger partial charge in [-0.2, -0.15) is 5.10 Å². The molecule has 2 aliphatic rings. The third-order valence-corrected chi connectivity index (χ3v) is 6.43. The highest BCUT2D eigenvalue weighted by Crippen LogP contribution is 2.28. The SMILES string of the molecule is CCc1nn2ccc(Cl)cc2c1C(=O)NC[C@H]1CN(c2ccc(N3CCOCC3)c(F)c2)C(=O)O1. The van der Waals surface area contributed by atoms with Gasteiger partial charge < -0.3 is 19.7 Å². The fourth-order valence-corrected chi connectivity index (χ4v) is 4.58. The van der Waals surface area contributed by atoms with Gasteiger partial charge in [-0.15, -0.1) is 0 Å². The van der Waals surface area contributed by atoms with E-state index in [0.717, 1.165) is 0 Å². The van der Waals surface area contributed by atoms with Crippen molar-refractivity contribution >= 4 is 40.5 Å². The van der Waals surface area contributed by atoms with E-state index in [1.54, 1.807) is 35.0 Å². The second-order valence-electron chi connectivity index (χ2n) is 8.41. The van der Waals surface area contributed by atoms with Crippen LogP contribution in [0.15, 0.2) is 36.5 Å². The van der Waals surface area contributed by atoms with E-state index in [4.69, 9.17) is 21.1 Å². The zero-order valence-electron chi connectivity index (χ0n) is 19.2. The number of hydrogen-bond acceptors (Lipinski definition) is 6. The zero-order valence-corrected chi connectivity index (χ0v) is 19.9. The number of aryl methyl sites for hydroxylation is 1. The number of benzene rings is 1. The van der Waals surface area contributed by atoms with Crippen LogP contribution in [0.2, 0.25) is 5.02 Å².